The predicted molar refractivity (Wildman–Crippen MR) is 64.9 cm³/mol. The molecule has 0 unspecified atom stereocenters. The number of pyridine rings is 1. The van der Waals surface area contributed by atoms with E-state index >= 15 is 0 Å². The Kier molecular flexibility index (Phi) is 4.23. The largest absolute Gasteiger partial charge is 0.383 e. The quantitative estimate of drug-likeness (QED) is 0.755. The Labute approximate surface area is 100 Å². The highest BCUT2D eigenvalue weighted by Gasteiger charge is 2.04. The summed E-state index contributed by atoms with van der Waals surface area (Å²) in [6.07, 6.45) is 5.41. The van der Waals surface area contributed by atoms with E-state index in [1.165, 1.54) is 0 Å². The number of hydrogen-bond donors (Lipinski definition) is 1. The molecular formula is C12H16N4O. The molecule has 1 N–H and O–H groups in total. The minimum atomic E-state index is 0.706. The van der Waals surface area contributed by atoms with Crippen molar-refractivity contribution in [2.24, 2.45) is 0 Å². The molecular weight excluding hydrogens is 216 g/mol. The summed E-state index contributed by atoms with van der Waals surface area (Å²) in [7, 11) is 1.70. The molecule has 2 heterocycles. The van der Waals surface area contributed by atoms with Gasteiger partial charge in [0.1, 0.15) is 0 Å². The molecule has 2 rings (SSSR count). The second kappa shape index (κ2) is 6.12. The minimum absolute atomic E-state index is 0.706. The molecule has 2 aromatic rings. The van der Waals surface area contributed by atoms with Crippen LogP contribution in [0.25, 0.3) is 5.82 Å². The van der Waals surface area contributed by atoms with E-state index in [1.54, 1.807) is 24.2 Å². The zero-order valence-corrected chi connectivity index (χ0v) is 9.84. The number of nitrogens with one attached hydrogen (secondary N) is 1. The first kappa shape index (κ1) is 11.8. The monoisotopic (exact) mass is 232 g/mol. The Morgan fingerprint density at radius 2 is 2.29 bits per heavy atom. The van der Waals surface area contributed by atoms with Gasteiger partial charge in [-0.2, -0.15) is 5.10 Å². The smallest absolute Gasteiger partial charge is 0.157 e. The lowest BCUT2D eigenvalue weighted by atomic mass is 10.2. The van der Waals surface area contributed by atoms with Gasteiger partial charge in [-0.05, 0) is 12.1 Å². The van der Waals surface area contributed by atoms with Gasteiger partial charge < -0.3 is 10.1 Å². The molecule has 2 aromatic heterocycles. The zero-order chi connectivity index (χ0) is 11.9. The molecule has 0 aliphatic carbocycles. The summed E-state index contributed by atoms with van der Waals surface area (Å²) < 4.78 is 6.76. The molecule has 5 heteroatoms. The van der Waals surface area contributed by atoms with Crippen LogP contribution in [0.1, 0.15) is 5.56 Å². The fraction of sp³-hybridized carbons (Fsp3) is 0.333. The van der Waals surface area contributed by atoms with Crippen LogP contribution in [0.15, 0.2) is 36.8 Å². The van der Waals surface area contributed by atoms with E-state index in [0.29, 0.717) is 6.61 Å². The lowest BCUT2D eigenvalue weighted by Gasteiger charge is -2.09. The Bertz CT molecular complexity index is 442. The summed E-state index contributed by atoms with van der Waals surface area (Å²) in [5.41, 5.74) is 1.12. The molecule has 0 amide bonds. The summed E-state index contributed by atoms with van der Waals surface area (Å²) in [5.74, 6) is 0.863. The van der Waals surface area contributed by atoms with Crippen LogP contribution in [-0.4, -0.2) is 35.0 Å². The van der Waals surface area contributed by atoms with Crippen molar-refractivity contribution < 1.29 is 4.74 Å². The maximum absolute atomic E-state index is 4.99. The van der Waals surface area contributed by atoms with Crippen LogP contribution >= 0.6 is 0 Å². The van der Waals surface area contributed by atoms with Crippen LogP contribution in [0.4, 0.5) is 0 Å². The molecule has 0 radical (unpaired) electrons. The van der Waals surface area contributed by atoms with E-state index in [0.717, 1.165) is 24.5 Å². The Balaban J connectivity index is 2.06. The van der Waals surface area contributed by atoms with E-state index in [1.807, 2.05) is 24.4 Å². The molecule has 5 nitrogen and oxygen atoms in total. The first-order valence-electron chi connectivity index (χ1n) is 5.55. The summed E-state index contributed by atoms with van der Waals surface area (Å²) in [6, 6.07) is 5.86. The highest BCUT2D eigenvalue weighted by molar-refractivity contribution is 5.32. The van der Waals surface area contributed by atoms with Gasteiger partial charge in [-0.3, -0.25) is 0 Å². The average Bonchev–Trinajstić information content (AvgIpc) is 2.89. The lowest BCUT2D eigenvalue weighted by molar-refractivity contribution is 0.199. The summed E-state index contributed by atoms with van der Waals surface area (Å²) in [6.45, 7) is 2.29. The first-order chi connectivity index (χ1) is 8.42. The maximum atomic E-state index is 4.99. The molecule has 0 aliphatic rings. The molecule has 17 heavy (non-hydrogen) atoms. The van der Waals surface area contributed by atoms with Crippen molar-refractivity contribution in [1.29, 1.82) is 0 Å². The molecule has 0 atom stereocenters. The second-order valence-electron chi connectivity index (χ2n) is 3.61. The predicted octanol–water partition coefficient (Wildman–Crippen LogP) is 1.00. The van der Waals surface area contributed by atoms with E-state index in [-0.39, 0.29) is 0 Å². The zero-order valence-electron chi connectivity index (χ0n) is 9.84. The van der Waals surface area contributed by atoms with Gasteiger partial charge >= 0.3 is 0 Å². The standard InChI is InChI=1S/C12H16N4O/c1-17-9-7-13-10-11-4-2-5-14-12(11)16-8-3-6-15-16/h2-6,8,13H,7,9-10H2,1H3. The van der Waals surface area contributed by atoms with Crippen LogP contribution in [0.3, 0.4) is 0 Å². The van der Waals surface area contributed by atoms with Crippen LogP contribution < -0.4 is 5.32 Å². The van der Waals surface area contributed by atoms with Crippen LogP contribution in [0, 0.1) is 0 Å². The molecule has 0 saturated heterocycles. The van der Waals surface area contributed by atoms with Crippen molar-refractivity contribution in [3.05, 3.63) is 42.4 Å². The third kappa shape index (κ3) is 3.12. The number of methoxy groups -OCH3 is 1. The minimum Gasteiger partial charge on any atom is -0.383 e. The van der Waals surface area contributed by atoms with Crippen LogP contribution in [0.2, 0.25) is 0 Å². The summed E-state index contributed by atoms with van der Waals surface area (Å²) in [4.78, 5) is 4.35. The maximum Gasteiger partial charge on any atom is 0.157 e. The molecule has 0 aliphatic heterocycles. The van der Waals surface area contributed by atoms with Crippen molar-refractivity contribution in [3.63, 3.8) is 0 Å². The van der Waals surface area contributed by atoms with Crippen LogP contribution in [-0.2, 0) is 11.3 Å². The number of nitrogens with zero attached hydrogens (tertiary/aromatic N) is 3. The Morgan fingerprint density at radius 3 is 3.06 bits per heavy atom. The molecule has 0 fully saturated rings. The molecule has 0 aromatic carbocycles. The number of rotatable bonds is 6. The fourth-order valence-corrected chi connectivity index (χ4v) is 1.57. The Morgan fingerprint density at radius 1 is 1.35 bits per heavy atom. The van der Waals surface area contributed by atoms with Gasteiger partial charge in [-0.15, -0.1) is 0 Å². The SMILES string of the molecule is COCCNCc1cccnc1-n1cccn1. The molecule has 0 spiro atoms. The van der Waals surface area contributed by atoms with Crippen molar-refractivity contribution in [2.75, 3.05) is 20.3 Å². The van der Waals surface area contributed by atoms with E-state index in [9.17, 15) is 0 Å². The van der Waals surface area contributed by atoms with E-state index < -0.39 is 0 Å². The topological polar surface area (TPSA) is 52.0 Å². The van der Waals surface area contributed by atoms with Crippen LogP contribution in [0.5, 0.6) is 0 Å². The fourth-order valence-electron chi connectivity index (χ4n) is 1.57. The highest BCUT2D eigenvalue weighted by atomic mass is 16.5. The third-order valence-electron chi connectivity index (χ3n) is 2.39. The van der Waals surface area contributed by atoms with Gasteiger partial charge in [-0.1, -0.05) is 6.07 Å². The van der Waals surface area contributed by atoms with Gasteiger partial charge in [-0.25, -0.2) is 9.67 Å². The Hall–Kier alpha value is -1.72. The average molecular weight is 232 g/mol. The van der Waals surface area contributed by atoms with Crippen molar-refractivity contribution >= 4 is 0 Å². The van der Waals surface area contributed by atoms with Gasteiger partial charge in [0.15, 0.2) is 5.82 Å². The normalized spacial score (nSPS) is 10.6. The third-order valence-corrected chi connectivity index (χ3v) is 2.39. The van der Waals surface area contributed by atoms with Crippen molar-refractivity contribution in [3.8, 4) is 5.82 Å². The summed E-state index contributed by atoms with van der Waals surface area (Å²) >= 11 is 0. The number of aromatic nitrogens is 3. The second-order valence-corrected chi connectivity index (χ2v) is 3.61. The van der Waals surface area contributed by atoms with Gasteiger partial charge in [0.2, 0.25) is 0 Å². The van der Waals surface area contributed by atoms with Crippen molar-refractivity contribution in [2.45, 2.75) is 6.54 Å². The lowest BCUT2D eigenvalue weighted by Crippen LogP contribution is -2.20. The molecule has 90 valence electrons. The first-order valence-corrected chi connectivity index (χ1v) is 5.55. The van der Waals surface area contributed by atoms with E-state index in [2.05, 4.69) is 15.4 Å². The van der Waals surface area contributed by atoms with Gasteiger partial charge in [0.05, 0.1) is 6.61 Å². The number of ether oxygens (including phenoxy) is 1. The highest BCUT2D eigenvalue weighted by Crippen LogP contribution is 2.09. The summed E-state index contributed by atoms with van der Waals surface area (Å²) in [5, 5.41) is 7.49. The molecule has 0 bridgehead atoms. The number of hydrogen-bond acceptors (Lipinski definition) is 4. The van der Waals surface area contributed by atoms with Gasteiger partial charge in [0.25, 0.3) is 0 Å². The van der Waals surface area contributed by atoms with E-state index in [4.69, 9.17) is 4.74 Å². The van der Waals surface area contributed by atoms with Gasteiger partial charge in [0, 0.05) is 44.4 Å². The van der Waals surface area contributed by atoms with Crippen molar-refractivity contribution in [1.82, 2.24) is 20.1 Å². The molecule has 0 saturated carbocycles.